The van der Waals surface area contributed by atoms with Gasteiger partial charge in [0.05, 0.1) is 0 Å². The smallest absolute Gasteiger partial charge is 0.123 e. The predicted molar refractivity (Wildman–Crippen MR) is 94.0 cm³/mol. The van der Waals surface area contributed by atoms with Crippen molar-refractivity contribution in [1.29, 1.82) is 0 Å². The normalized spacial score (nSPS) is 11.8. The lowest BCUT2D eigenvalue weighted by molar-refractivity contribution is -0.108. The molecule has 0 bridgehead atoms. The van der Waals surface area contributed by atoms with Gasteiger partial charge in [0.2, 0.25) is 0 Å². The van der Waals surface area contributed by atoms with E-state index in [0.29, 0.717) is 13.0 Å². The van der Waals surface area contributed by atoms with Crippen molar-refractivity contribution in [3.8, 4) is 5.75 Å². The van der Waals surface area contributed by atoms with E-state index in [4.69, 9.17) is 4.74 Å². The molecule has 2 aromatic carbocycles. The molecule has 1 unspecified atom stereocenters. The van der Waals surface area contributed by atoms with Crippen LogP contribution in [0.15, 0.2) is 48.5 Å². The Morgan fingerprint density at radius 3 is 2.62 bits per heavy atom. The van der Waals surface area contributed by atoms with Crippen molar-refractivity contribution in [2.75, 3.05) is 25.5 Å². The predicted octanol–water partition coefficient (Wildman–Crippen LogP) is 3.02. The van der Waals surface area contributed by atoms with Gasteiger partial charge in [-0.2, -0.15) is 0 Å². The molecule has 0 saturated heterocycles. The Bertz CT molecular complexity index is 646. The van der Waals surface area contributed by atoms with E-state index in [0.717, 1.165) is 29.8 Å². The zero-order valence-corrected chi connectivity index (χ0v) is 14.0. The van der Waals surface area contributed by atoms with Gasteiger partial charge in [0.25, 0.3) is 0 Å². The number of carbonyl (C=O) groups excluding carboxylic acids is 1. The maximum atomic E-state index is 13.1. The van der Waals surface area contributed by atoms with Crippen molar-refractivity contribution in [1.82, 2.24) is 5.32 Å². The third kappa shape index (κ3) is 5.35. The Kier molecular flexibility index (Phi) is 6.75. The molecule has 5 heteroatoms. The Balaban J connectivity index is 1.91. The van der Waals surface area contributed by atoms with Crippen molar-refractivity contribution in [2.24, 2.45) is 0 Å². The highest BCUT2D eigenvalue weighted by Gasteiger charge is 2.09. The Labute approximate surface area is 142 Å². The number of halogens is 1. The van der Waals surface area contributed by atoms with Gasteiger partial charge in [-0.1, -0.05) is 12.1 Å². The number of benzene rings is 2. The summed E-state index contributed by atoms with van der Waals surface area (Å²) in [6.07, 6.45) is 1.41. The van der Waals surface area contributed by atoms with Crippen LogP contribution in [0, 0.1) is 5.82 Å². The molecule has 24 heavy (non-hydrogen) atoms. The Morgan fingerprint density at radius 2 is 2.00 bits per heavy atom. The van der Waals surface area contributed by atoms with Crippen LogP contribution in [0.2, 0.25) is 0 Å². The first-order chi connectivity index (χ1) is 11.6. The van der Waals surface area contributed by atoms with Crippen molar-refractivity contribution in [3.05, 3.63) is 59.9 Å². The number of nitrogens with zero attached hydrogens (tertiary/aromatic N) is 1. The van der Waals surface area contributed by atoms with E-state index in [-0.39, 0.29) is 11.9 Å². The lowest BCUT2D eigenvalue weighted by Gasteiger charge is -2.24. The summed E-state index contributed by atoms with van der Waals surface area (Å²) in [5, 5.41) is 3.13. The van der Waals surface area contributed by atoms with Crippen LogP contribution < -0.4 is 15.0 Å². The van der Waals surface area contributed by atoms with Gasteiger partial charge in [-0.05, 0) is 49.0 Å². The van der Waals surface area contributed by atoms with Crippen LogP contribution >= 0.6 is 0 Å². The molecule has 0 aliphatic rings. The summed E-state index contributed by atoms with van der Waals surface area (Å²) in [5.74, 6) is 0.469. The Hall–Kier alpha value is -2.40. The van der Waals surface area contributed by atoms with E-state index < -0.39 is 0 Å². The minimum atomic E-state index is -0.262. The maximum Gasteiger partial charge on any atom is 0.123 e. The number of ether oxygens (including phenoxy) is 1. The van der Waals surface area contributed by atoms with Crippen LogP contribution in [0.25, 0.3) is 0 Å². The fourth-order valence-electron chi connectivity index (χ4n) is 2.43. The number of likely N-dealkylation sites (N-methyl/N-ethyl adjacent to an activating group) is 2. The van der Waals surface area contributed by atoms with Gasteiger partial charge in [-0.3, -0.25) is 0 Å². The highest BCUT2D eigenvalue weighted by Crippen LogP contribution is 2.20. The first-order valence-corrected chi connectivity index (χ1v) is 7.91. The second kappa shape index (κ2) is 9.03. The first kappa shape index (κ1) is 17.9. The third-order valence-electron chi connectivity index (χ3n) is 3.86. The lowest BCUT2D eigenvalue weighted by Crippen LogP contribution is -2.37. The number of nitrogens with one attached hydrogen (secondary N) is 1. The zero-order valence-electron chi connectivity index (χ0n) is 14.0. The largest absolute Gasteiger partial charge is 0.489 e. The molecule has 1 N–H and O–H groups in total. The molecule has 0 heterocycles. The molecule has 0 amide bonds. The fraction of sp³-hybridized carbons (Fsp3) is 0.316. The third-order valence-corrected chi connectivity index (χ3v) is 3.86. The van der Waals surface area contributed by atoms with Gasteiger partial charge in [0.1, 0.15) is 24.5 Å². The first-order valence-electron chi connectivity index (χ1n) is 7.91. The highest BCUT2D eigenvalue weighted by molar-refractivity contribution is 5.52. The highest BCUT2D eigenvalue weighted by atomic mass is 19.1. The van der Waals surface area contributed by atoms with Gasteiger partial charge in [0.15, 0.2) is 0 Å². The second-order valence-electron chi connectivity index (χ2n) is 5.68. The topological polar surface area (TPSA) is 41.6 Å². The summed E-state index contributed by atoms with van der Waals surface area (Å²) < 4.78 is 18.8. The maximum absolute atomic E-state index is 13.1. The van der Waals surface area contributed by atoms with Gasteiger partial charge >= 0.3 is 0 Å². The number of rotatable bonds is 9. The lowest BCUT2D eigenvalue weighted by atomic mass is 10.2. The van der Waals surface area contributed by atoms with E-state index in [2.05, 4.69) is 10.2 Å². The summed E-state index contributed by atoms with van der Waals surface area (Å²) in [7, 11) is 3.84. The van der Waals surface area contributed by atoms with Crippen LogP contribution in [0.5, 0.6) is 5.75 Å². The van der Waals surface area contributed by atoms with Crippen LogP contribution in [0.1, 0.15) is 12.0 Å². The number of aldehydes is 1. The van der Waals surface area contributed by atoms with Crippen molar-refractivity contribution in [2.45, 2.75) is 19.1 Å². The van der Waals surface area contributed by atoms with Crippen molar-refractivity contribution in [3.63, 3.8) is 0 Å². The molecule has 2 aromatic rings. The van der Waals surface area contributed by atoms with Gasteiger partial charge in [-0.15, -0.1) is 0 Å². The van der Waals surface area contributed by atoms with E-state index in [9.17, 15) is 9.18 Å². The van der Waals surface area contributed by atoms with Gasteiger partial charge < -0.3 is 19.7 Å². The minimum Gasteiger partial charge on any atom is -0.489 e. The molecule has 0 radical (unpaired) electrons. The molecule has 1 atom stereocenters. The fourth-order valence-corrected chi connectivity index (χ4v) is 2.43. The van der Waals surface area contributed by atoms with Crippen LogP contribution in [-0.4, -0.2) is 33.0 Å². The van der Waals surface area contributed by atoms with Gasteiger partial charge in [-0.25, -0.2) is 4.39 Å². The molecule has 0 aliphatic heterocycles. The second-order valence-corrected chi connectivity index (χ2v) is 5.68. The average molecular weight is 330 g/mol. The molecule has 0 saturated carbocycles. The van der Waals surface area contributed by atoms with Crippen LogP contribution in [-0.2, 0) is 11.4 Å². The summed E-state index contributed by atoms with van der Waals surface area (Å²) >= 11 is 0. The molecule has 0 fully saturated rings. The molecule has 0 aliphatic carbocycles. The summed E-state index contributed by atoms with van der Waals surface area (Å²) in [6, 6.07) is 14.2. The monoisotopic (exact) mass is 330 g/mol. The molecule has 4 nitrogen and oxygen atoms in total. The molecule has 0 aromatic heterocycles. The number of hydrogen-bond donors (Lipinski definition) is 1. The van der Waals surface area contributed by atoms with Crippen LogP contribution in [0.4, 0.5) is 10.1 Å². The Morgan fingerprint density at radius 1 is 1.25 bits per heavy atom. The number of hydrogen-bond acceptors (Lipinski definition) is 4. The number of carbonyl (C=O) groups is 1. The van der Waals surface area contributed by atoms with Crippen molar-refractivity contribution >= 4 is 12.0 Å². The van der Waals surface area contributed by atoms with Crippen molar-refractivity contribution < 1.29 is 13.9 Å². The molecule has 2 rings (SSSR count). The SMILES string of the molecule is CNC(CC=O)CN(C)c1ccc(OCc2cccc(F)c2)cc1. The molecular formula is C19H23FN2O2. The van der Waals surface area contributed by atoms with Gasteiger partial charge in [0, 0.05) is 31.7 Å². The zero-order chi connectivity index (χ0) is 17.4. The molecular weight excluding hydrogens is 307 g/mol. The van der Waals surface area contributed by atoms with E-state index >= 15 is 0 Å². The minimum absolute atomic E-state index is 0.122. The van der Waals surface area contributed by atoms with E-state index in [1.165, 1.54) is 12.1 Å². The van der Waals surface area contributed by atoms with Crippen LogP contribution in [0.3, 0.4) is 0 Å². The van der Waals surface area contributed by atoms with E-state index in [1.807, 2.05) is 44.4 Å². The average Bonchev–Trinajstić information content (AvgIpc) is 2.60. The van der Waals surface area contributed by atoms with E-state index in [1.54, 1.807) is 6.07 Å². The quantitative estimate of drug-likeness (QED) is 0.718. The summed E-state index contributed by atoms with van der Waals surface area (Å²) in [4.78, 5) is 12.7. The molecule has 0 spiro atoms. The number of anilines is 1. The summed E-state index contributed by atoms with van der Waals surface area (Å²) in [6.45, 7) is 1.06. The summed E-state index contributed by atoms with van der Waals surface area (Å²) in [5.41, 5.74) is 1.83. The standard InChI is InChI=1S/C19H23FN2O2/c1-21-17(10-11-23)13-22(2)18-6-8-19(9-7-18)24-14-15-4-3-5-16(20)12-15/h3-9,11-12,17,21H,10,13-14H2,1-2H3. The molecule has 128 valence electrons.